The van der Waals surface area contributed by atoms with Crippen LogP contribution in [0.25, 0.3) is 0 Å². The smallest absolute Gasteiger partial charge is 0.259 e. The summed E-state index contributed by atoms with van der Waals surface area (Å²) in [7, 11) is 1.53. The Hall–Kier alpha value is -2.53. The van der Waals surface area contributed by atoms with Crippen LogP contribution >= 0.6 is 11.6 Å². The minimum Gasteiger partial charge on any atom is -0.495 e. The summed E-state index contributed by atoms with van der Waals surface area (Å²) >= 11 is 6.25. The maximum Gasteiger partial charge on any atom is 0.259 e. The molecule has 1 atom stereocenters. The zero-order chi connectivity index (χ0) is 19.6. The Balaban J connectivity index is 1.97. The van der Waals surface area contributed by atoms with Crippen LogP contribution in [0.3, 0.4) is 0 Å². The van der Waals surface area contributed by atoms with Gasteiger partial charge in [-0.3, -0.25) is 14.5 Å². The highest BCUT2D eigenvalue weighted by atomic mass is 35.5. The van der Waals surface area contributed by atoms with Crippen molar-refractivity contribution in [3.05, 3.63) is 58.6 Å². The van der Waals surface area contributed by atoms with Gasteiger partial charge in [-0.05, 0) is 42.2 Å². The quantitative estimate of drug-likeness (QED) is 0.808. The van der Waals surface area contributed by atoms with Crippen LogP contribution in [-0.2, 0) is 4.79 Å². The summed E-state index contributed by atoms with van der Waals surface area (Å²) in [6.07, 6.45) is 0.877. The molecule has 1 aliphatic heterocycles. The number of amides is 2. The fraction of sp³-hybridized carbons (Fsp3) is 0.333. The summed E-state index contributed by atoms with van der Waals surface area (Å²) in [5.41, 5.74) is 1.80. The van der Waals surface area contributed by atoms with Gasteiger partial charge in [0.05, 0.1) is 12.1 Å². The minimum atomic E-state index is -0.717. The summed E-state index contributed by atoms with van der Waals surface area (Å²) in [5.74, 6) is 0.596. The van der Waals surface area contributed by atoms with Crippen LogP contribution in [0, 0.1) is 5.92 Å². The molecule has 5 nitrogen and oxygen atoms in total. The van der Waals surface area contributed by atoms with E-state index in [1.54, 1.807) is 30.3 Å². The van der Waals surface area contributed by atoms with Crippen molar-refractivity contribution in [2.75, 3.05) is 18.6 Å². The van der Waals surface area contributed by atoms with Crippen LogP contribution in [0.2, 0.25) is 5.02 Å². The molecule has 0 saturated heterocycles. The number of hydrogen-bond acceptors (Lipinski definition) is 3. The van der Waals surface area contributed by atoms with Gasteiger partial charge >= 0.3 is 0 Å². The van der Waals surface area contributed by atoms with Crippen molar-refractivity contribution in [1.29, 1.82) is 0 Å². The van der Waals surface area contributed by atoms with Gasteiger partial charge in [0.15, 0.2) is 0 Å². The first-order chi connectivity index (χ1) is 12.9. The SMILES string of the molecule is COc1ccc(N2C(=O)c3ccccc3[C@@H]2C(=O)NCCC(C)C)cc1Cl. The predicted octanol–water partition coefficient (Wildman–Crippen LogP) is 4.21. The lowest BCUT2D eigenvalue weighted by Crippen LogP contribution is -2.39. The molecule has 27 heavy (non-hydrogen) atoms. The van der Waals surface area contributed by atoms with E-state index in [4.69, 9.17) is 16.3 Å². The largest absolute Gasteiger partial charge is 0.495 e. The highest BCUT2D eigenvalue weighted by Gasteiger charge is 2.41. The number of nitrogens with zero attached hydrogens (tertiary/aromatic N) is 1. The Morgan fingerprint density at radius 3 is 2.67 bits per heavy atom. The molecular formula is C21H23ClN2O3. The van der Waals surface area contributed by atoms with Gasteiger partial charge < -0.3 is 10.1 Å². The van der Waals surface area contributed by atoms with Gasteiger partial charge in [0.2, 0.25) is 5.91 Å². The molecular weight excluding hydrogens is 364 g/mol. The van der Waals surface area contributed by atoms with E-state index >= 15 is 0 Å². The second-order valence-electron chi connectivity index (χ2n) is 6.96. The molecule has 2 aromatic rings. The molecule has 1 aliphatic rings. The molecule has 0 spiro atoms. The van der Waals surface area contributed by atoms with Gasteiger partial charge in [0.1, 0.15) is 11.8 Å². The molecule has 2 amide bonds. The second kappa shape index (κ2) is 8.01. The lowest BCUT2D eigenvalue weighted by molar-refractivity contribution is -0.122. The number of anilines is 1. The molecule has 6 heteroatoms. The fourth-order valence-electron chi connectivity index (χ4n) is 3.23. The fourth-order valence-corrected chi connectivity index (χ4v) is 3.48. The van der Waals surface area contributed by atoms with Gasteiger partial charge in [-0.25, -0.2) is 0 Å². The third-order valence-corrected chi connectivity index (χ3v) is 4.94. The van der Waals surface area contributed by atoms with Crippen molar-refractivity contribution >= 4 is 29.1 Å². The van der Waals surface area contributed by atoms with E-state index in [1.807, 2.05) is 12.1 Å². The van der Waals surface area contributed by atoms with Crippen LogP contribution in [0.5, 0.6) is 5.75 Å². The average Bonchev–Trinajstić information content (AvgIpc) is 2.94. The summed E-state index contributed by atoms with van der Waals surface area (Å²) in [4.78, 5) is 27.5. The first kappa shape index (κ1) is 19.2. The Kier molecular flexibility index (Phi) is 5.71. The van der Waals surface area contributed by atoms with E-state index in [2.05, 4.69) is 19.2 Å². The summed E-state index contributed by atoms with van der Waals surface area (Å²) in [6, 6.07) is 11.6. The Labute approximate surface area is 164 Å². The summed E-state index contributed by atoms with van der Waals surface area (Å²) in [6.45, 7) is 4.78. The lowest BCUT2D eigenvalue weighted by Gasteiger charge is -2.25. The van der Waals surface area contributed by atoms with Crippen molar-refractivity contribution in [2.45, 2.75) is 26.3 Å². The molecule has 142 valence electrons. The molecule has 0 saturated carbocycles. The lowest BCUT2D eigenvalue weighted by atomic mass is 10.0. The third kappa shape index (κ3) is 3.78. The van der Waals surface area contributed by atoms with Gasteiger partial charge in [-0.2, -0.15) is 0 Å². The molecule has 0 bridgehead atoms. The van der Waals surface area contributed by atoms with Crippen molar-refractivity contribution in [2.24, 2.45) is 5.92 Å². The Morgan fingerprint density at radius 1 is 1.26 bits per heavy atom. The minimum absolute atomic E-state index is 0.194. The predicted molar refractivity (Wildman–Crippen MR) is 106 cm³/mol. The molecule has 0 aliphatic carbocycles. The zero-order valence-electron chi connectivity index (χ0n) is 15.7. The monoisotopic (exact) mass is 386 g/mol. The topological polar surface area (TPSA) is 58.6 Å². The van der Waals surface area contributed by atoms with Gasteiger partial charge in [0, 0.05) is 17.8 Å². The number of nitrogens with one attached hydrogen (secondary N) is 1. The van der Waals surface area contributed by atoms with E-state index in [1.165, 1.54) is 12.0 Å². The number of ether oxygens (including phenoxy) is 1. The summed E-state index contributed by atoms with van der Waals surface area (Å²) in [5, 5.41) is 3.35. The number of hydrogen-bond donors (Lipinski definition) is 1. The van der Waals surface area contributed by atoms with E-state index in [0.717, 1.165) is 6.42 Å². The Bertz CT molecular complexity index is 866. The second-order valence-corrected chi connectivity index (χ2v) is 7.36. The zero-order valence-corrected chi connectivity index (χ0v) is 16.4. The average molecular weight is 387 g/mol. The number of rotatable bonds is 6. The van der Waals surface area contributed by atoms with E-state index < -0.39 is 6.04 Å². The normalized spacial score (nSPS) is 15.8. The first-order valence-electron chi connectivity index (χ1n) is 8.97. The highest BCUT2D eigenvalue weighted by molar-refractivity contribution is 6.32. The molecule has 0 fully saturated rings. The molecule has 0 unspecified atom stereocenters. The van der Waals surface area contributed by atoms with Crippen LogP contribution < -0.4 is 15.0 Å². The number of halogens is 1. The number of methoxy groups -OCH3 is 1. The molecule has 0 radical (unpaired) electrons. The molecule has 0 aromatic heterocycles. The van der Waals surface area contributed by atoms with Crippen LogP contribution in [0.4, 0.5) is 5.69 Å². The van der Waals surface area contributed by atoms with Crippen molar-refractivity contribution in [3.8, 4) is 5.75 Å². The Morgan fingerprint density at radius 2 is 2.00 bits per heavy atom. The number of carbonyl (C=O) groups excluding carboxylic acids is 2. The van der Waals surface area contributed by atoms with Crippen molar-refractivity contribution in [3.63, 3.8) is 0 Å². The molecule has 1 heterocycles. The molecule has 1 N–H and O–H groups in total. The van der Waals surface area contributed by atoms with Crippen LogP contribution in [0.15, 0.2) is 42.5 Å². The molecule has 3 rings (SSSR count). The van der Waals surface area contributed by atoms with Gasteiger partial charge in [-0.1, -0.05) is 43.6 Å². The van der Waals surface area contributed by atoms with E-state index in [9.17, 15) is 9.59 Å². The van der Waals surface area contributed by atoms with Gasteiger partial charge in [0.25, 0.3) is 5.91 Å². The van der Waals surface area contributed by atoms with Gasteiger partial charge in [-0.15, -0.1) is 0 Å². The van der Waals surface area contributed by atoms with E-state index in [0.29, 0.717) is 40.0 Å². The highest BCUT2D eigenvalue weighted by Crippen LogP contribution is 2.39. The number of fused-ring (bicyclic) bond motifs is 1. The maximum absolute atomic E-state index is 13.0. The van der Waals surface area contributed by atoms with Crippen molar-refractivity contribution in [1.82, 2.24) is 5.32 Å². The summed E-state index contributed by atoms with van der Waals surface area (Å²) < 4.78 is 5.19. The van der Waals surface area contributed by atoms with Crippen molar-refractivity contribution < 1.29 is 14.3 Å². The van der Waals surface area contributed by atoms with E-state index in [-0.39, 0.29) is 11.8 Å². The standard InChI is InChI=1S/C21H23ClN2O3/c1-13(2)10-11-23-20(25)19-15-6-4-5-7-16(15)21(26)24(19)14-8-9-18(27-3)17(22)12-14/h4-9,12-13,19H,10-11H2,1-3H3,(H,23,25)/t19-/m1/s1. The number of benzene rings is 2. The molecule has 2 aromatic carbocycles. The van der Waals surface area contributed by atoms with Crippen LogP contribution in [0.1, 0.15) is 42.2 Å². The maximum atomic E-state index is 13.0. The first-order valence-corrected chi connectivity index (χ1v) is 9.35. The third-order valence-electron chi connectivity index (χ3n) is 4.65. The van der Waals surface area contributed by atoms with Crippen LogP contribution in [-0.4, -0.2) is 25.5 Å². The number of carbonyl (C=O) groups is 2.